The van der Waals surface area contributed by atoms with Crippen LogP contribution in [0.2, 0.25) is 5.02 Å². The summed E-state index contributed by atoms with van der Waals surface area (Å²) in [6.45, 7) is 2.05. The molecule has 0 saturated carbocycles. The molecule has 5 heteroatoms. The largest absolute Gasteiger partial charge is 0.397 e. The molecule has 0 atom stereocenters. The van der Waals surface area contributed by atoms with E-state index in [-0.39, 0.29) is 0 Å². The zero-order valence-corrected chi connectivity index (χ0v) is 12.3. The van der Waals surface area contributed by atoms with E-state index in [1.807, 2.05) is 18.2 Å². The first kappa shape index (κ1) is 13.6. The lowest BCUT2D eigenvalue weighted by molar-refractivity contribution is 0.424. The molecule has 0 bridgehead atoms. The molecule has 0 radical (unpaired) electrons. The standard InChI is InChI=1S/C16H14ClN3O/c1-10-4-2-5-11(8-10)9-14-19-16(21-20-14)12-6-3-7-13(17)15(12)18/h2-8H,9,18H2,1H3. The molecule has 1 aromatic heterocycles. The molecule has 0 amide bonds. The number of aromatic nitrogens is 2. The summed E-state index contributed by atoms with van der Waals surface area (Å²) in [4.78, 5) is 4.39. The van der Waals surface area contributed by atoms with Crippen LogP contribution in [0.4, 0.5) is 5.69 Å². The van der Waals surface area contributed by atoms with Crippen LogP contribution in [0.5, 0.6) is 0 Å². The third-order valence-corrected chi connectivity index (χ3v) is 3.53. The molecular weight excluding hydrogens is 286 g/mol. The van der Waals surface area contributed by atoms with Gasteiger partial charge in [-0.1, -0.05) is 52.7 Å². The number of para-hydroxylation sites is 1. The summed E-state index contributed by atoms with van der Waals surface area (Å²) >= 11 is 6.00. The topological polar surface area (TPSA) is 64.9 Å². The molecule has 0 fully saturated rings. The molecule has 3 rings (SSSR count). The zero-order valence-electron chi connectivity index (χ0n) is 11.5. The van der Waals surface area contributed by atoms with Gasteiger partial charge in [0.2, 0.25) is 0 Å². The first-order valence-corrected chi connectivity index (χ1v) is 6.94. The van der Waals surface area contributed by atoms with Crippen molar-refractivity contribution in [2.45, 2.75) is 13.3 Å². The minimum absolute atomic E-state index is 0.387. The normalized spacial score (nSPS) is 10.8. The predicted octanol–water partition coefficient (Wildman–Crippen LogP) is 3.87. The SMILES string of the molecule is Cc1cccc(Cc2noc(-c3cccc(Cl)c3N)n2)c1. The molecule has 0 unspecified atom stereocenters. The van der Waals surface area contributed by atoms with Crippen molar-refractivity contribution in [1.82, 2.24) is 10.1 Å². The van der Waals surface area contributed by atoms with E-state index in [0.717, 1.165) is 5.56 Å². The Hall–Kier alpha value is -2.33. The van der Waals surface area contributed by atoms with Gasteiger partial charge >= 0.3 is 0 Å². The molecule has 2 N–H and O–H groups in total. The summed E-state index contributed by atoms with van der Waals surface area (Å²) in [5.41, 5.74) is 9.39. The van der Waals surface area contributed by atoms with Gasteiger partial charge in [0, 0.05) is 6.42 Å². The van der Waals surface area contributed by atoms with Crippen molar-refractivity contribution in [3.63, 3.8) is 0 Å². The first-order valence-electron chi connectivity index (χ1n) is 6.56. The van der Waals surface area contributed by atoms with Gasteiger partial charge in [-0.25, -0.2) is 0 Å². The van der Waals surface area contributed by atoms with Gasteiger partial charge in [0.05, 0.1) is 16.3 Å². The fraction of sp³-hybridized carbons (Fsp3) is 0.125. The number of anilines is 1. The van der Waals surface area contributed by atoms with Gasteiger partial charge in [0.1, 0.15) is 0 Å². The predicted molar refractivity (Wildman–Crippen MR) is 83.1 cm³/mol. The zero-order chi connectivity index (χ0) is 14.8. The lowest BCUT2D eigenvalue weighted by atomic mass is 10.1. The van der Waals surface area contributed by atoms with E-state index in [0.29, 0.717) is 34.4 Å². The van der Waals surface area contributed by atoms with Gasteiger partial charge in [0.25, 0.3) is 5.89 Å². The van der Waals surface area contributed by atoms with E-state index in [1.165, 1.54) is 5.56 Å². The summed E-state index contributed by atoms with van der Waals surface area (Å²) in [7, 11) is 0. The van der Waals surface area contributed by atoms with Gasteiger partial charge < -0.3 is 10.3 Å². The van der Waals surface area contributed by atoms with Crippen molar-refractivity contribution in [3.05, 3.63) is 64.4 Å². The Balaban J connectivity index is 1.88. The Kier molecular flexibility index (Phi) is 3.62. The highest BCUT2D eigenvalue weighted by Crippen LogP contribution is 2.30. The Labute approximate surface area is 127 Å². The van der Waals surface area contributed by atoms with E-state index in [9.17, 15) is 0 Å². The molecule has 3 aromatic rings. The van der Waals surface area contributed by atoms with Gasteiger partial charge in [-0.05, 0) is 24.6 Å². The van der Waals surface area contributed by atoms with Crippen molar-refractivity contribution < 1.29 is 4.52 Å². The molecule has 0 aliphatic heterocycles. The van der Waals surface area contributed by atoms with Crippen molar-refractivity contribution >= 4 is 17.3 Å². The quantitative estimate of drug-likeness (QED) is 0.746. The van der Waals surface area contributed by atoms with E-state index in [2.05, 4.69) is 29.2 Å². The fourth-order valence-corrected chi connectivity index (χ4v) is 2.34. The molecule has 1 heterocycles. The van der Waals surface area contributed by atoms with E-state index in [4.69, 9.17) is 21.9 Å². The molecule has 106 valence electrons. The Morgan fingerprint density at radius 1 is 1.19 bits per heavy atom. The van der Waals surface area contributed by atoms with Crippen LogP contribution in [0.15, 0.2) is 47.0 Å². The van der Waals surface area contributed by atoms with E-state index < -0.39 is 0 Å². The molecule has 0 saturated heterocycles. The third-order valence-electron chi connectivity index (χ3n) is 3.20. The van der Waals surface area contributed by atoms with Gasteiger partial charge in [-0.3, -0.25) is 0 Å². The van der Waals surface area contributed by atoms with Crippen molar-refractivity contribution in [2.24, 2.45) is 0 Å². The third kappa shape index (κ3) is 2.90. The molecule has 2 aromatic carbocycles. The summed E-state index contributed by atoms with van der Waals surface area (Å²) in [5.74, 6) is 1.01. The number of benzene rings is 2. The van der Waals surface area contributed by atoms with Gasteiger partial charge in [-0.2, -0.15) is 4.98 Å². The van der Waals surface area contributed by atoms with Crippen LogP contribution in [0, 0.1) is 6.92 Å². The van der Waals surface area contributed by atoms with Crippen LogP contribution in [0.25, 0.3) is 11.5 Å². The monoisotopic (exact) mass is 299 g/mol. The van der Waals surface area contributed by atoms with Crippen LogP contribution < -0.4 is 5.73 Å². The van der Waals surface area contributed by atoms with Crippen LogP contribution in [-0.4, -0.2) is 10.1 Å². The fourth-order valence-electron chi connectivity index (χ4n) is 2.16. The smallest absolute Gasteiger partial charge is 0.260 e. The summed E-state index contributed by atoms with van der Waals surface area (Å²) in [5, 5.41) is 4.48. The highest BCUT2D eigenvalue weighted by molar-refractivity contribution is 6.33. The van der Waals surface area contributed by atoms with Gasteiger partial charge in [-0.15, -0.1) is 0 Å². The number of halogens is 1. The van der Waals surface area contributed by atoms with Crippen molar-refractivity contribution in [3.8, 4) is 11.5 Å². The molecule has 0 aliphatic rings. The number of hydrogen-bond donors (Lipinski definition) is 1. The molecular formula is C16H14ClN3O. The number of aryl methyl sites for hydroxylation is 1. The highest BCUT2D eigenvalue weighted by atomic mass is 35.5. The minimum atomic E-state index is 0.387. The number of nitrogens with zero attached hydrogens (tertiary/aromatic N) is 2. The Bertz CT molecular complexity index is 783. The van der Waals surface area contributed by atoms with Crippen LogP contribution in [-0.2, 0) is 6.42 Å². The molecule has 0 aliphatic carbocycles. The average Bonchev–Trinajstić information content (AvgIpc) is 2.90. The first-order chi connectivity index (χ1) is 10.1. The van der Waals surface area contributed by atoms with Gasteiger partial charge in [0.15, 0.2) is 5.82 Å². The molecule has 21 heavy (non-hydrogen) atoms. The Morgan fingerprint density at radius 3 is 2.81 bits per heavy atom. The Morgan fingerprint density at radius 2 is 2.00 bits per heavy atom. The van der Waals surface area contributed by atoms with E-state index >= 15 is 0 Å². The number of nitrogens with two attached hydrogens (primary N) is 1. The maximum Gasteiger partial charge on any atom is 0.260 e. The molecule has 0 spiro atoms. The minimum Gasteiger partial charge on any atom is -0.397 e. The second-order valence-corrected chi connectivity index (χ2v) is 5.29. The molecule has 4 nitrogen and oxygen atoms in total. The van der Waals surface area contributed by atoms with Crippen LogP contribution in [0.3, 0.4) is 0 Å². The maximum atomic E-state index is 6.00. The number of rotatable bonds is 3. The second-order valence-electron chi connectivity index (χ2n) is 4.88. The number of nitrogen functional groups attached to an aromatic ring is 1. The number of hydrogen-bond acceptors (Lipinski definition) is 4. The van der Waals surface area contributed by atoms with Crippen molar-refractivity contribution in [1.29, 1.82) is 0 Å². The summed E-state index contributed by atoms with van der Waals surface area (Å²) in [6, 6.07) is 13.5. The average molecular weight is 300 g/mol. The lowest BCUT2D eigenvalue weighted by Gasteiger charge is -2.01. The van der Waals surface area contributed by atoms with Crippen molar-refractivity contribution in [2.75, 3.05) is 5.73 Å². The summed E-state index contributed by atoms with van der Waals surface area (Å²) in [6.07, 6.45) is 0.617. The lowest BCUT2D eigenvalue weighted by Crippen LogP contribution is -1.93. The van der Waals surface area contributed by atoms with Crippen LogP contribution >= 0.6 is 11.6 Å². The maximum absolute atomic E-state index is 6.00. The highest BCUT2D eigenvalue weighted by Gasteiger charge is 2.13. The second kappa shape index (κ2) is 5.58. The summed E-state index contributed by atoms with van der Waals surface area (Å²) < 4.78 is 5.29. The van der Waals surface area contributed by atoms with E-state index in [1.54, 1.807) is 12.1 Å². The van der Waals surface area contributed by atoms with Crippen LogP contribution in [0.1, 0.15) is 17.0 Å².